The van der Waals surface area contributed by atoms with E-state index in [1.165, 1.54) is 0 Å². The second kappa shape index (κ2) is 5.27. The number of ether oxygens (including phenoxy) is 1. The van der Waals surface area contributed by atoms with Gasteiger partial charge in [0.05, 0.1) is 24.2 Å². The molecule has 2 unspecified atom stereocenters. The third kappa shape index (κ3) is 4.09. The Labute approximate surface area is 92.3 Å². The molecule has 0 radical (unpaired) electrons. The lowest BCUT2D eigenvalue weighted by molar-refractivity contribution is 0.0525. The van der Waals surface area contributed by atoms with Gasteiger partial charge < -0.3 is 10.1 Å². The van der Waals surface area contributed by atoms with Crippen LogP contribution in [0.4, 0.5) is 0 Å². The molecule has 0 aromatic rings. The Morgan fingerprint density at radius 2 is 2.13 bits per heavy atom. The molecule has 0 aromatic carbocycles. The van der Waals surface area contributed by atoms with E-state index in [1.54, 1.807) is 0 Å². The predicted molar refractivity (Wildman–Crippen MR) is 60.7 cm³/mol. The molecular weight excluding hydrogens is 214 g/mol. The molecule has 1 fully saturated rings. The van der Waals surface area contributed by atoms with Gasteiger partial charge >= 0.3 is 0 Å². The van der Waals surface area contributed by atoms with Crippen molar-refractivity contribution in [3.05, 3.63) is 0 Å². The van der Waals surface area contributed by atoms with E-state index in [1.807, 2.05) is 20.9 Å². The molecule has 90 valence electrons. The third-order valence-electron chi connectivity index (χ3n) is 2.82. The molecular formula is C10H21NO3S. The smallest absolute Gasteiger partial charge is 0.150 e. The normalized spacial score (nSPS) is 27.1. The maximum Gasteiger partial charge on any atom is 0.150 e. The van der Waals surface area contributed by atoms with Crippen molar-refractivity contribution in [1.29, 1.82) is 0 Å². The van der Waals surface area contributed by atoms with Crippen LogP contribution in [-0.4, -0.2) is 45.7 Å². The van der Waals surface area contributed by atoms with E-state index in [0.717, 1.165) is 6.42 Å². The molecule has 4 nitrogen and oxygen atoms in total. The molecule has 0 amide bonds. The van der Waals surface area contributed by atoms with Crippen LogP contribution < -0.4 is 5.32 Å². The number of likely N-dealkylation sites (N-methyl/N-ethyl adjacent to an activating group) is 1. The minimum Gasteiger partial charge on any atom is -0.377 e. The summed E-state index contributed by atoms with van der Waals surface area (Å²) >= 11 is 0. The summed E-state index contributed by atoms with van der Waals surface area (Å²) in [5.74, 6) is 0.844. The van der Waals surface area contributed by atoms with E-state index in [-0.39, 0.29) is 18.1 Å². The Morgan fingerprint density at radius 3 is 2.53 bits per heavy atom. The van der Waals surface area contributed by atoms with Crippen LogP contribution in [0.15, 0.2) is 0 Å². The van der Waals surface area contributed by atoms with Crippen molar-refractivity contribution >= 4 is 9.84 Å². The van der Waals surface area contributed by atoms with Crippen molar-refractivity contribution in [2.75, 3.05) is 25.2 Å². The van der Waals surface area contributed by atoms with Crippen molar-refractivity contribution in [1.82, 2.24) is 5.32 Å². The largest absolute Gasteiger partial charge is 0.377 e. The second-order valence-electron chi connectivity index (χ2n) is 4.44. The number of sulfone groups is 1. The van der Waals surface area contributed by atoms with Gasteiger partial charge in [-0.2, -0.15) is 0 Å². The first-order chi connectivity index (χ1) is 6.94. The van der Waals surface area contributed by atoms with Crippen molar-refractivity contribution < 1.29 is 13.2 Å². The van der Waals surface area contributed by atoms with Gasteiger partial charge in [-0.15, -0.1) is 0 Å². The van der Waals surface area contributed by atoms with E-state index < -0.39 is 9.84 Å². The van der Waals surface area contributed by atoms with Gasteiger partial charge in [0.25, 0.3) is 0 Å². The lowest BCUT2D eigenvalue weighted by Gasteiger charge is -2.22. The molecule has 2 atom stereocenters. The number of rotatable bonds is 5. The summed E-state index contributed by atoms with van der Waals surface area (Å²) in [6.45, 7) is 4.56. The number of hydrogen-bond donors (Lipinski definition) is 1. The highest BCUT2D eigenvalue weighted by Crippen LogP contribution is 2.22. The van der Waals surface area contributed by atoms with E-state index in [9.17, 15) is 8.42 Å². The van der Waals surface area contributed by atoms with Crippen molar-refractivity contribution in [3.8, 4) is 0 Å². The standard InChI is InChI=1S/C10H21NO3S/c1-8(2)14-6-10(11-3)9-4-5-15(12,13)7-9/h8-11H,4-7H2,1-3H3. The number of hydrogen-bond acceptors (Lipinski definition) is 4. The fourth-order valence-electron chi connectivity index (χ4n) is 1.89. The molecule has 1 rings (SSSR count). The minimum absolute atomic E-state index is 0.157. The van der Waals surface area contributed by atoms with Crippen LogP contribution in [0.25, 0.3) is 0 Å². The van der Waals surface area contributed by atoms with Crippen molar-refractivity contribution in [2.24, 2.45) is 5.92 Å². The van der Waals surface area contributed by atoms with Crippen LogP contribution in [0, 0.1) is 5.92 Å². The summed E-state index contributed by atoms with van der Waals surface area (Å²) < 4.78 is 28.2. The van der Waals surface area contributed by atoms with E-state index in [4.69, 9.17) is 4.74 Å². The van der Waals surface area contributed by atoms with Crippen LogP contribution in [-0.2, 0) is 14.6 Å². The predicted octanol–water partition coefficient (Wildman–Crippen LogP) is 0.434. The first-order valence-electron chi connectivity index (χ1n) is 5.44. The maximum absolute atomic E-state index is 11.3. The van der Waals surface area contributed by atoms with Crippen LogP contribution in [0.2, 0.25) is 0 Å². The fraction of sp³-hybridized carbons (Fsp3) is 1.00. The topological polar surface area (TPSA) is 55.4 Å². The van der Waals surface area contributed by atoms with Crippen molar-refractivity contribution in [2.45, 2.75) is 32.4 Å². The molecule has 0 saturated carbocycles. The Hall–Kier alpha value is -0.130. The summed E-state index contributed by atoms with van der Waals surface area (Å²) in [5, 5.41) is 3.15. The van der Waals surface area contributed by atoms with Gasteiger partial charge in [0.2, 0.25) is 0 Å². The Morgan fingerprint density at radius 1 is 1.47 bits per heavy atom. The van der Waals surface area contributed by atoms with Gasteiger partial charge in [0, 0.05) is 6.04 Å². The lowest BCUT2D eigenvalue weighted by Crippen LogP contribution is -2.39. The minimum atomic E-state index is -2.78. The molecule has 1 heterocycles. The summed E-state index contributed by atoms with van der Waals surface area (Å²) in [7, 11) is -0.924. The summed E-state index contributed by atoms with van der Waals surface area (Å²) in [6.07, 6.45) is 0.953. The van der Waals surface area contributed by atoms with Crippen LogP contribution >= 0.6 is 0 Å². The Kier molecular flexibility index (Phi) is 4.55. The molecule has 15 heavy (non-hydrogen) atoms. The molecule has 1 N–H and O–H groups in total. The zero-order chi connectivity index (χ0) is 11.5. The second-order valence-corrected chi connectivity index (χ2v) is 6.67. The van der Waals surface area contributed by atoms with Gasteiger partial charge in [-0.1, -0.05) is 0 Å². The Balaban J connectivity index is 2.46. The molecule has 1 saturated heterocycles. The van der Waals surface area contributed by atoms with Crippen LogP contribution in [0.1, 0.15) is 20.3 Å². The first kappa shape index (κ1) is 12.9. The molecule has 5 heteroatoms. The van der Waals surface area contributed by atoms with E-state index in [2.05, 4.69) is 5.32 Å². The third-order valence-corrected chi connectivity index (χ3v) is 4.61. The highest BCUT2D eigenvalue weighted by Gasteiger charge is 2.33. The zero-order valence-corrected chi connectivity index (χ0v) is 10.5. The summed E-state index contributed by atoms with van der Waals surface area (Å²) in [6, 6.07) is 0.157. The van der Waals surface area contributed by atoms with Crippen LogP contribution in [0.5, 0.6) is 0 Å². The molecule has 0 spiro atoms. The van der Waals surface area contributed by atoms with E-state index >= 15 is 0 Å². The summed E-state index contributed by atoms with van der Waals surface area (Å²) in [4.78, 5) is 0. The van der Waals surface area contributed by atoms with Crippen molar-refractivity contribution in [3.63, 3.8) is 0 Å². The zero-order valence-electron chi connectivity index (χ0n) is 9.69. The first-order valence-corrected chi connectivity index (χ1v) is 7.26. The molecule has 1 aliphatic heterocycles. The lowest BCUT2D eigenvalue weighted by atomic mass is 10.0. The monoisotopic (exact) mass is 235 g/mol. The average molecular weight is 235 g/mol. The van der Waals surface area contributed by atoms with Crippen LogP contribution in [0.3, 0.4) is 0 Å². The van der Waals surface area contributed by atoms with Gasteiger partial charge in [-0.25, -0.2) is 8.42 Å². The molecule has 0 aromatic heterocycles. The molecule has 0 aliphatic carbocycles. The maximum atomic E-state index is 11.3. The molecule has 1 aliphatic rings. The highest BCUT2D eigenvalue weighted by molar-refractivity contribution is 7.91. The number of nitrogens with one attached hydrogen (secondary N) is 1. The Bertz CT molecular complexity index is 287. The average Bonchev–Trinajstić information content (AvgIpc) is 2.47. The van der Waals surface area contributed by atoms with E-state index in [0.29, 0.717) is 18.1 Å². The van der Waals surface area contributed by atoms with Gasteiger partial charge in [-0.3, -0.25) is 0 Å². The van der Waals surface area contributed by atoms with Gasteiger partial charge in [0.1, 0.15) is 0 Å². The van der Waals surface area contributed by atoms with Gasteiger partial charge in [-0.05, 0) is 33.2 Å². The molecule has 0 bridgehead atoms. The van der Waals surface area contributed by atoms with Gasteiger partial charge in [0.15, 0.2) is 9.84 Å². The highest BCUT2D eigenvalue weighted by atomic mass is 32.2. The fourth-order valence-corrected chi connectivity index (χ4v) is 3.77. The quantitative estimate of drug-likeness (QED) is 0.751. The summed E-state index contributed by atoms with van der Waals surface area (Å²) in [5.41, 5.74) is 0. The SMILES string of the molecule is CNC(COC(C)C)C1CCS(=O)(=O)C1.